The summed E-state index contributed by atoms with van der Waals surface area (Å²) in [6.45, 7) is 4.21. The summed E-state index contributed by atoms with van der Waals surface area (Å²) >= 11 is 2.45. The molecule has 176 valence electrons. The Kier molecular flexibility index (Phi) is 8.02. The van der Waals surface area contributed by atoms with Crippen molar-refractivity contribution in [2.75, 3.05) is 16.4 Å². The van der Waals surface area contributed by atoms with Crippen LogP contribution in [0.1, 0.15) is 30.2 Å². The standard InChI is InChI=1S/C19H20F3N7O2S2/c1-3-16-26-27-17(33-16)24-15(31)10-32-18-28-25-13(29(18)4-2)9-14(30)23-12-7-5-6-11(8-12)19(20,21)22/h5-8H,3-4,9-10H2,1-2H3,(H,23,30)(H,24,27,31). The van der Waals surface area contributed by atoms with E-state index >= 15 is 0 Å². The zero-order valence-electron chi connectivity index (χ0n) is 17.6. The van der Waals surface area contributed by atoms with Gasteiger partial charge in [0.2, 0.25) is 16.9 Å². The first-order valence-corrected chi connectivity index (χ1v) is 11.6. The Labute approximate surface area is 195 Å². The lowest BCUT2D eigenvalue weighted by atomic mass is 10.2. The van der Waals surface area contributed by atoms with Crippen LogP contribution in [-0.2, 0) is 35.2 Å². The normalized spacial score (nSPS) is 11.4. The molecule has 0 atom stereocenters. The first-order valence-electron chi connectivity index (χ1n) is 9.83. The average Bonchev–Trinajstić information content (AvgIpc) is 3.38. The summed E-state index contributed by atoms with van der Waals surface area (Å²) in [6.07, 6.45) is -3.96. The van der Waals surface area contributed by atoms with Crippen LogP contribution >= 0.6 is 23.1 Å². The van der Waals surface area contributed by atoms with Crippen molar-refractivity contribution in [2.45, 2.75) is 44.6 Å². The highest BCUT2D eigenvalue weighted by Crippen LogP contribution is 2.30. The number of halogens is 3. The number of thioether (sulfide) groups is 1. The van der Waals surface area contributed by atoms with E-state index in [9.17, 15) is 22.8 Å². The number of rotatable bonds is 9. The summed E-state index contributed by atoms with van der Waals surface area (Å²) in [6, 6.07) is 4.39. The number of amides is 2. The number of anilines is 2. The molecule has 0 bridgehead atoms. The fourth-order valence-corrected chi connectivity index (χ4v) is 4.25. The number of alkyl halides is 3. The molecule has 3 aromatic rings. The van der Waals surface area contributed by atoms with Crippen molar-refractivity contribution in [3.8, 4) is 0 Å². The fraction of sp³-hybridized carbons (Fsp3) is 0.368. The highest BCUT2D eigenvalue weighted by molar-refractivity contribution is 7.99. The van der Waals surface area contributed by atoms with Gasteiger partial charge in [0.05, 0.1) is 17.7 Å². The Hall–Kier alpha value is -3.00. The Balaban J connectivity index is 1.58. The molecule has 33 heavy (non-hydrogen) atoms. The monoisotopic (exact) mass is 499 g/mol. The molecule has 2 amide bonds. The van der Waals surface area contributed by atoms with Gasteiger partial charge >= 0.3 is 6.18 Å². The van der Waals surface area contributed by atoms with Crippen LogP contribution in [0, 0.1) is 0 Å². The zero-order valence-corrected chi connectivity index (χ0v) is 19.3. The third kappa shape index (κ3) is 6.74. The van der Waals surface area contributed by atoms with Gasteiger partial charge in [0.25, 0.3) is 0 Å². The largest absolute Gasteiger partial charge is 0.416 e. The molecule has 2 heterocycles. The SMILES string of the molecule is CCc1nnc(NC(=O)CSc2nnc(CC(=O)Nc3cccc(C(F)(F)F)c3)n2CC)s1. The zero-order chi connectivity index (χ0) is 24.0. The molecule has 14 heteroatoms. The lowest BCUT2D eigenvalue weighted by Crippen LogP contribution is -2.18. The molecule has 0 radical (unpaired) electrons. The van der Waals surface area contributed by atoms with E-state index in [0.717, 1.165) is 35.3 Å². The fourth-order valence-electron chi connectivity index (χ4n) is 2.73. The predicted molar refractivity (Wildman–Crippen MR) is 118 cm³/mol. The summed E-state index contributed by atoms with van der Waals surface area (Å²) in [4.78, 5) is 24.5. The Bertz CT molecular complexity index is 1130. The quantitative estimate of drug-likeness (QED) is 0.432. The summed E-state index contributed by atoms with van der Waals surface area (Å²) in [5, 5.41) is 22.7. The van der Waals surface area contributed by atoms with Crippen molar-refractivity contribution < 1.29 is 22.8 Å². The number of carbonyl (C=O) groups excluding carboxylic acids is 2. The minimum atomic E-state index is -4.50. The number of carbonyl (C=O) groups is 2. The van der Waals surface area contributed by atoms with Gasteiger partial charge in [-0.3, -0.25) is 14.9 Å². The van der Waals surface area contributed by atoms with E-state index < -0.39 is 17.6 Å². The molecule has 0 fully saturated rings. The van der Waals surface area contributed by atoms with Crippen molar-refractivity contribution in [1.29, 1.82) is 0 Å². The second kappa shape index (κ2) is 10.7. The van der Waals surface area contributed by atoms with E-state index in [-0.39, 0.29) is 23.8 Å². The van der Waals surface area contributed by atoms with E-state index in [0.29, 0.717) is 22.7 Å². The minimum absolute atomic E-state index is 0.0339. The first-order chi connectivity index (χ1) is 15.7. The van der Waals surface area contributed by atoms with E-state index in [1.54, 1.807) is 4.57 Å². The molecule has 0 spiro atoms. The summed E-state index contributed by atoms with van der Waals surface area (Å²) in [7, 11) is 0. The van der Waals surface area contributed by atoms with Crippen molar-refractivity contribution in [1.82, 2.24) is 25.0 Å². The second-order valence-corrected chi connectivity index (χ2v) is 8.64. The molecule has 2 aromatic heterocycles. The van der Waals surface area contributed by atoms with Gasteiger partial charge in [-0.25, -0.2) is 0 Å². The molecular weight excluding hydrogens is 479 g/mol. The molecule has 0 aliphatic rings. The van der Waals surface area contributed by atoms with Crippen LogP contribution in [-0.4, -0.2) is 42.5 Å². The smallest absolute Gasteiger partial charge is 0.326 e. The van der Waals surface area contributed by atoms with Crippen LogP contribution in [0.5, 0.6) is 0 Å². The number of nitrogens with zero attached hydrogens (tertiary/aromatic N) is 5. The maximum Gasteiger partial charge on any atom is 0.416 e. The van der Waals surface area contributed by atoms with Gasteiger partial charge in [0.1, 0.15) is 10.8 Å². The van der Waals surface area contributed by atoms with Crippen molar-refractivity contribution in [3.05, 3.63) is 40.7 Å². The maximum atomic E-state index is 12.9. The van der Waals surface area contributed by atoms with Gasteiger partial charge in [-0.1, -0.05) is 36.1 Å². The number of hydrogen-bond acceptors (Lipinski definition) is 8. The molecule has 0 saturated heterocycles. The van der Waals surface area contributed by atoms with Gasteiger partial charge in [-0.2, -0.15) is 13.2 Å². The van der Waals surface area contributed by atoms with Crippen LogP contribution in [0.4, 0.5) is 24.0 Å². The van der Waals surface area contributed by atoms with Gasteiger partial charge in [0.15, 0.2) is 5.16 Å². The predicted octanol–water partition coefficient (Wildman–Crippen LogP) is 3.64. The summed E-state index contributed by atoms with van der Waals surface area (Å²) in [5.74, 6) is -0.432. The molecular formula is C19H20F3N7O2S2. The van der Waals surface area contributed by atoms with E-state index in [1.807, 2.05) is 13.8 Å². The van der Waals surface area contributed by atoms with Crippen LogP contribution in [0.25, 0.3) is 0 Å². The van der Waals surface area contributed by atoms with Crippen LogP contribution in [0.2, 0.25) is 0 Å². The van der Waals surface area contributed by atoms with Crippen molar-refractivity contribution in [3.63, 3.8) is 0 Å². The molecule has 0 aliphatic heterocycles. The van der Waals surface area contributed by atoms with Crippen molar-refractivity contribution >= 4 is 45.7 Å². The molecule has 0 aliphatic carbocycles. The van der Waals surface area contributed by atoms with E-state index in [2.05, 4.69) is 31.0 Å². The summed E-state index contributed by atoms with van der Waals surface area (Å²) < 4.78 is 40.2. The Morgan fingerprint density at radius 1 is 1.09 bits per heavy atom. The van der Waals surface area contributed by atoms with Gasteiger partial charge in [0, 0.05) is 12.2 Å². The molecule has 3 rings (SSSR count). The number of benzene rings is 1. The highest BCUT2D eigenvalue weighted by atomic mass is 32.2. The third-order valence-electron chi connectivity index (χ3n) is 4.25. The Morgan fingerprint density at radius 2 is 1.88 bits per heavy atom. The van der Waals surface area contributed by atoms with Gasteiger partial charge in [-0.15, -0.1) is 20.4 Å². The lowest BCUT2D eigenvalue weighted by Gasteiger charge is -2.10. The maximum absolute atomic E-state index is 12.9. The van der Waals surface area contributed by atoms with Crippen LogP contribution in [0.3, 0.4) is 0 Å². The highest BCUT2D eigenvalue weighted by Gasteiger charge is 2.30. The van der Waals surface area contributed by atoms with E-state index in [4.69, 9.17) is 0 Å². The number of aryl methyl sites for hydroxylation is 1. The summed E-state index contributed by atoms with van der Waals surface area (Å²) in [5.41, 5.74) is -0.819. The van der Waals surface area contributed by atoms with Crippen molar-refractivity contribution in [2.24, 2.45) is 0 Å². The number of hydrogen-bond donors (Lipinski definition) is 2. The topological polar surface area (TPSA) is 115 Å². The average molecular weight is 500 g/mol. The van der Waals surface area contributed by atoms with Crippen LogP contribution in [0.15, 0.2) is 29.4 Å². The Morgan fingerprint density at radius 3 is 2.55 bits per heavy atom. The minimum Gasteiger partial charge on any atom is -0.326 e. The molecule has 0 unspecified atom stereocenters. The van der Waals surface area contributed by atoms with E-state index in [1.165, 1.54) is 23.5 Å². The van der Waals surface area contributed by atoms with Gasteiger partial charge < -0.3 is 9.88 Å². The molecule has 1 aromatic carbocycles. The van der Waals surface area contributed by atoms with Gasteiger partial charge in [-0.05, 0) is 31.5 Å². The number of aromatic nitrogens is 5. The molecule has 0 saturated carbocycles. The first kappa shape index (κ1) is 24.6. The third-order valence-corrected chi connectivity index (χ3v) is 6.20. The van der Waals surface area contributed by atoms with Crippen LogP contribution < -0.4 is 10.6 Å². The number of nitrogens with one attached hydrogen (secondary N) is 2. The molecule has 2 N–H and O–H groups in total. The lowest BCUT2D eigenvalue weighted by molar-refractivity contribution is -0.137. The molecule has 9 nitrogen and oxygen atoms in total. The second-order valence-electron chi connectivity index (χ2n) is 6.64.